The number of hydrogen-bond acceptors (Lipinski definition) is 1. The molecule has 3 atom stereocenters. The summed E-state index contributed by atoms with van der Waals surface area (Å²) >= 11 is 0. The van der Waals surface area contributed by atoms with Crippen LogP contribution in [-0.4, -0.2) is 6.54 Å². The molecular formula is C20H33N. The predicted molar refractivity (Wildman–Crippen MR) is 92.7 cm³/mol. The highest BCUT2D eigenvalue weighted by Gasteiger charge is 2.27. The van der Waals surface area contributed by atoms with Crippen LogP contribution in [0.3, 0.4) is 0 Å². The second-order valence-corrected chi connectivity index (χ2v) is 7.94. The predicted octanol–water partition coefficient (Wildman–Crippen LogP) is 5.46. The second-order valence-electron chi connectivity index (χ2n) is 7.94. The highest BCUT2D eigenvalue weighted by molar-refractivity contribution is 5.29. The van der Waals surface area contributed by atoms with Crippen LogP contribution in [0.2, 0.25) is 0 Å². The molecule has 0 aliphatic heterocycles. The van der Waals surface area contributed by atoms with Gasteiger partial charge in [0.2, 0.25) is 0 Å². The van der Waals surface area contributed by atoms with Crippen LogP contribution < -0.4 is 5.32 Å². The maximum atomic E-state index is 3.75. The molecule has 1 nitrogen and oxygen atoms in total. The summed E-state index contributed by atoms with van der Waals surface area (Å²) in [6, 6.07) is 9.89. The zero-order valence-corrected chi connectivity index (χ0v) is 14.6. The molecule has 0 spiro atoms. The summed E-state index contributed by atoms with van der Waals surface area (Å²) in [5.41, 5.74) is 3.15. The summed E-state index contributed by atoms with van der Waals surface area (Å²) < 4.78 is 0. The fraction of sp³-hybridized carbons (Fsp3) is 0.700. The highest BCUT2D eigenvalue weighted by atomic mass is 14.9. The van der Waals surface area contributed by atoms with Crippen LogP contribution in [0, 0.1) is 11.8 Å². The van der Waals surface area contributed by atoms with Crippen LogP contribution >= 0.6 is 0 Å². The molecule has 21 heavy (non-hydrogen) atoms. The molecular weight excluding hydrogens is 254 g/mol. The second kappa shape index (κ2) is 6.96. The zero-order valence-electron chi connectivity index (χ0n) is 14.6. The first-order valence-electron chi connectivity index (χ1n) is 8.75. The Morgan fingerprint density at radius 1 is 1.14 bits per heavy atom. The van der Waals surface area contributed by atoms with Crippen LogP contribution in [0.4, 0.5) is 0 Å². The molecule has 1 N–H and O–H groups in total. The summed E-state index contributed by atoms with van der Waals surface area (Å²) in [6.45, 7) is 12.5. The van der Waals surface area contributed by atoms with Crippen LogP contribution in [0.5, 0.6) is 0 Å². The number of hydrogen-bond donors (Lipinski definition) is 1. The Hall–Kier alpha value is -0.820. The maximum absolute atomic E-state index is 3.75. The lowest BCUT2D eigenvalue weighted by molar-refractivity contribution is 0.225. The molecule has 0 saturated heterocycles. The minimum Gasteiger partial charge on any atom is -0.310 e. The van der Waals surface area contributed by atoms with E-state index in [-0.39, 0.29) is 5.41 Å². The Bertz CT molecular complexity index is 426. The topological polar surface area (TPSA) is 12.0 Å². The van der Waals surface area contributed by atoms with Crippen molar-refractivity contribution in [2.45, 2.75) is 71.8 Å². The number of benzene rings is 1. The molecule has 0 aromatic heterocycles. The third-order valence-corrected chi connectivity index (χ3v) is 5.01. The Kier molecular flexibility index (Phi) is 5.48. The van der Waals surface area contributed by atoms with E-state index in [1.54, 1.807) is 0 Å². The van der Waals surface area contributed by atoms with Crippen LogP contribution in [-0.2, 0) is 5.41 Å². The van der Waals surface area contributed by atoms with E-state index in [2.05, 4.69) is 64.2 Å². The van der Waals surface area contributed by atoms with E-state index >= 15 is 0 Å². The van der Waals surface area contributed by atoms with Crippen LogP contribution in [0.1, 0.15) is 77.5 Å². The van der Waals surface area contributed by atoms with Crippen molar-refractivity contribution in [3.8, 4) is 0 Å². The van der Waals surface area contributed by atoms with Gasteiger partial charge in [0.1, 0.15) is 0 Å². The molecule has 1 heteroatoms. The SMILES string of the molecule is CCNC(c1ccc(C(C)(C)C)cc1)C1CCCC(C)C1. The van der Waals surface area contributed by atoms with Gasteiger partial charge >= 0.3 is 0 Å². The van der Waals surface area contributed by atoms with E-state index < -0.39 is 0 Å². The fourth-order valence-electron chi connectivity index (χ4n) is 3.75. The van der Waals surface area contributed by atoms with Crippen molar-refractivity contribution in [1.82, 2.24) is 5.32 Å². The van der Waals surface area contributed by atoms with Crippen molar-refractivity contribution in [3.63, 3.8) is 0 Å². The van der Waals surface area contributed by atoms with E-state index in [1.807, 2.05) is 0 Å². The summed E-state index contributed by atoms with van der Waals surface area (Å²) in [7, 11) is 0. The van der Waals surface area contributed by atoms with Crippen LogP contribution in [0.15, 0.2) is 24.3 Å². The molecule has 1 saturated carbocycles. The zero-order chi connectivity index (χ0) is 15.5. The van der Waals surface area contributed by atoms with E-state index in [4.69, 9.17) is 0 Å². The van der Waals surface area contributed by atoms with Gasteiger partial charge in [-0.3, -0.25) is 0 Å². The van der Waals surface area contributed by atoms with E-state index in [0.717, 1.165) is 18.4 Å². The van der Waals surface area contributed by atoms with Crippen molar-refractivity contribution < 1.29 is 0 Å². The van der Waals surface area contributed by atoms with Gasteiger partial charge in [-0.15, -0.1) is 0 Å². The lowest BCUT2D eigenvalue weighted by Gasteiger charge is -2.34. The van der Waals surface area contributed by atoms with Gasteiger partial charge in [-0.1, -0.05) is 71.7 Å². The summed E-state index contributed by atoms with van der Waals surface area (Å²) in [5.74, 6) is 1.69. The average Bonchev–Trinajstić information content (AvgIpc) is 2.44. The highest BCUT2D eigenvalue weighted by Crippen LogP contribution is 2.37. The molecule has 0 bridgehead atoms. The Labute approximate surface area is 131 Å². The molecule has 2 rings (SSSR count). The molecule has 1 aromatic carbocycles. The lowest BCUT2D eigenvalue weighted by Crippen LogP contribution is -2.31. The third kappa shape index (κ3) is 4.32. The first-order chi connectivity index (χ1) is 9.91. The van der Waals surface area contributed by atoms with Crippen LogP contribution in [0.25, 0.3) is 0 Å². The first kappa shape index (κ1) is 16.5. The van der Waals surface area contributed by atoms with Crippen molar-refractivity contribution in [2.24, 2.45) is 11.8 Å². The van der Waals surface area contributed by atoms with E-state index in [1.165, 1.54) is 36.8 Å². The number of rotatable bonds is 4. The third-order valence-electron chi connectivity index (χ3n) is 5.01. The van der Waals surface area contributed by atoms with Crippen molar-refractivity contribution >= 4 is 0 Å². The van der Waals surface area contributed by atoms with E-state index in [9.17, 15) is 0 Å². The van der Waals surface area contributed by atoms with Gasteiger partial charge in [-0.05, 0) is 47.8 Å². The summed E-state index contributed by atoms with van der Waals surface area (Å²) in [4.78, 5) is 0. The number of nitrogens with one attached hydrogen (secondary N) is 1. The van der Waals surface area contributed by atoms with Gasteiger partial charge < -0.3 is 5.32 Å². The van der Waals surface area contributed by atoms with Gasteiger partial charge in [-0.2, -0.15) is 0 Å². The Balaban J connectivity index is 2.17. The minimum absolute atomic E-state index is 0.242. The smallest absolute Gasteiger partial charge is 0.0348 e. The molecule has 1 aliphatic carbocycles. The molecule has 0 amide bonds. The van der Waals surface area contributed by atoms with Gasteiger partial charge in [0.25, 0.3) is 0 Å². The van der Waals surface area contributed by atoms with Gasteiger partial charge in [0.05, 0.1) is 0 Å². The lowest BCUT2D eigenvalue weighted by atomic mass is 9.76. The molecule has 1 aliphatic rings. The van der Waals surface area contributed by atoms with Crippen molar-refractivity contribution in [3.05, 3.63) is 35.4 Å². The Morgan fingerprint density at radius 2 is 1.81 bits per heavy atom. The van der Waals surface area contributed by atoms with Gasteiger partial charge in [0.15, 0.2) is 0 Å². The fourth-order valence-corrected chi connectivity index (χ4v) is 3.75. The largest absolute Gasteiger partial charge is 0.310 e. The molecule has 0 heterocycles. The van der Waals surface area contributed by atoms with Gasteiger partial charge in [0, 0.05) is 6.04 Å². The first-order valence-corrected chi connectivity index (χ1v) is 8.75. The molecule has 1 fully saturated rings. The van der Waals surface area contributed by atoms with E-state index in [0.29, 0.717) is 6.04 Å². The molecule has 0 radical (unpaired) electrons. The normalized spacial score (nSPS) is 24.8. The molecule has 3 unspecified atom stereocenters. The van der Waals surface area contributed by atoms with Gasteiger partial charge in [-0.25, -0.2) is 0 Å². The Morgan fingerprint density at radius 3 is 2.33 bits per heavy atom. The molecule has 1 aromatic rings. The maximum Gasteiger partial charge on any atom is 0.0348 e. The summed E-state index contributed by atoms with van der Waals surface area (Å²) in [5, 5.41) is 3.75. The van der Waals surface area contributed by atoms with Crippen molar-refractivity contribution in [2.75, 3.05) is 6.54 Å². The minimum atomic E-state index is 0.242. The summed E-state index contributed by atoms with van der Waals surface area (Å²) in [6.07, 6.45) is 5.56. The molecule has 118 valence electrons. The van der Waals surface area contributed by atoms with Crippen molar-refractivity contribution in [1.29, 1.82) is 0 Å². The standard InChI is InChI=1S/C20H33N/c1-6-21-19(17-9-7-8-15(2)14-17)16-10-12-18(13-11-16)20(3,4)5/h10-13,15,17,19,21H,6-9,14H2,1-5H3. The average molecular weight is 287 g/mol. The monoisotopic (exact) mass is 287 g/mol. The quantitative estimate of drug-likeness (QED) is 0.775.